The largest absolute Gasteiger partial charge is 0.381 e. The summed E-state index contributed by atoms with van der Waals surface area (Å²) in [6, 6.07) is 20.0. The number of benzene rings is 2. The molecule has 2 unspecified atom stereocenters. The molecule has 37 heavy (non-hydrogen) atoms. The van der Waals surface area contributed by atoms with Gasteiger partial charge in [0.2, 0.25) is 15.9 Å². The van der Waals surface area contributed by atoms with E-state index in [1.54, 1.807) is 41.9 Å². The lowest BCUT2D eigenvalue weighted by atomic mass is 9.86. The highest BCUT2D eigenvalue weighted by Gasteiger charge is 2.50. The van der Waals surface area contributed by atoms with Crippen molar-refractivity contribution in [3.05, 3.63) is 82.7 Å². The highest BCUT2D eigenvalue weighted by molar-refractivity contribution is 7.90. The standard InChI is InChI=1S/C27H30N2O6S2/c1-2-18-8-10-19(11-9-18)22-12-13-23(36-22)27(16-24(30)29-33)15-14-21(17-28-37(27,34)35)26(32)25(31)20-6-4-3-5-7-20/h3-13,21,25,28,31,33H,2,14-17H2,1H3,(H,29,30)/t21?,25-,27?/m0/s1. The molecule has 1 saturated heterocycles. The van der Waals surface area contributed by atoms with Gasteiger partial charge in [0.25, 0.3) is 0 Å². The van der Waals surface area contributed by atoms with Gasteiger partial charge in [0.1, 0.15) is 10.9 Å². The van der Waals surface area contributed by atoms with Crippen molar-refractivity contribution in [1.82, 2.24) is 10.2 Å². The van der Waals surface area contributed by atoms with Gasteiger partial charge in [-0.3, -0.25) is 14.8 Å². The number of ketones is 1. The molecule has 0 saturated carbocycles. The summed E-state index contributed by atoms with van der Waals surface area (Å²) >= 11 is 1.27. The van der Waals surface area contributed by atoms with Crippen molar-refractivity contribution < 1.29 is 28.3 Å². The topological polar surface area (TPSA) is 133 Å². The van der Waals surface area contributed by atoms with Gasteiger partial charge in [-0.1, -0.05) is 61.5 Å². The van der Waals surface area contributed by atoms with Crippen LogP contribution in [0.1, 0.15) is 48.3 Å². The molecule has 4 N–H and O–H groups in total. The van der Waals surface area contributed by atoms with Gasteiger partial charge in [-0.15, -0.1) is 11.3 Å². The van der Waals surface area contributed by atoms with Crippen molar-refractivity contribution in [2.45, 2.75) is 43.5 Å². The van der Waals surface area contributed by atoms with Crippen molar-refractivity contribution in [3.63, 3.8) is 0 Å². The molecule has 196 valence electrons. The van der Waals surface area contributed by atoms with E-state index in [4.69, 9.17) is 0 Å². The summed E-state index contributed by atoms with van der Waals surface area (Å²) in [5, 5.41) is 19.9. The molecular weight excluding hydrogens is 512 g/mol. The quantitative estimate of drug-likeness (QED) is 0.253. The van der Waals surface area contributed by atoms with E-state index in [0.717, 1.165) is 16.9 Å². The third-order valence-electron chi connectivity index (χ3n) is 6.99. The second-order valence-corrected chi connectivity index (χ2v) is 12.4. The molecule has 1 aromatic heterocycles. The highest BCUT2D eigenvalue weighted by Crippen LogP contribution is 2.46. The Morgan fingerprint density at radius 3 is 2.46 bits per heavy atom. The Labute approximate surface area is 220 Å². The average molecular weight is 543 g/mol. The number of sulfonamides is 1. The molecule has 0 aliphatic carbocycles. The number of amides is 1. The van der Waals surface area contributed by atoms with Gasteiger partial charge in [0.15, 0.2) is 5.78 Å². The van der Waals surface area contributed by atoms with Crippen LogP contribution in [0.25, 0.3) is 10.4 Å². The van der Waals surface area contributed by atoms with Crippen molar-refractivity contribution in [1.29, 1.82) is 0 Å². The van der Waals surface area contributed by atoms with E-state index in [1.165, 1.54) is 16.9 Å². The Bertz CT molecular complexity index is 1360. The first-order valence-electron chi connectivity index (χ1n) is 12.1. The first kappa shape index (κ1) is 27.2. The molecule has 1 amide bonds. The third kappa shape index (κ3) is 5.53. The zero-order valence-electron chi connectivity index (χ0n) is 20.4. The van der Waals surface area contributed by atoms with E-state index < -0.39 is 44.9 Å². The van der Waals surface area contributed by atoms with Gasteiger partial charge in [0, 0.05) is 22.2 Å². The van der Waals surface area contributed by atoms with Crippen LogP contribution < -0.4 is 10.2 Å². The smallest absolute Gasteiger partial charge is 0.245 e. The maximum Gasteiger partial charge on any atom is 0.245 e. The van der Waals surface area contributed by atoms with Crippen LogP contribution in [0.5, 0.6) is 0 Å². The molecule has 0 bridgehead atoms. The molecule has 2 aromatic carbocycles. The van der Waals surface area contributed by atoms with Crippen LogP contribution in [-0.2, 0) is 30.8 Å². The van der Waals surface area contributed by atoms with Crippen LogP contribution in [0.2, 0.25) is 0 Å². The number of thiophene rings is 1. The number of nitrogens with one attached hydrogen (secondary N) is 2. The summed E-state index contributed by atoms with van der Waals surface area (Å²) in [4.78, 5) is 26.8. The predicted octanol–water partition coefficient (Wildman–Crippen LogP) is 3.70. The highest BCUT2D eigenvalue weighted by atomic mass is 32.2. The Morgan fingerprint density at radius 2 is 1.81 bits per heavy atom. The SMILES string of the molecule is CCc1ccc(-c2ccc(C3(CC(=O)NO)CCC(C(=O)[C@@H](O)c4ccccc4)CNS3(=O)=O)s2)cc1. The first-order chi connectivity index (χ1) is 17.7. The fourth-order valence-corrected chi connectivity index (χ4v) is 8.04. The van der Waals surface area contributed by atoms with Gasteiger partial charge < -0.3 is 5.11 Å². The molecule has 3 aromatic rings. The molecule has 0 radical (unpaired) electrons. The van der Waals surface area contributed by atoms with Crippen LogP contribution in [-0.4, -0.2) is 37.0 Å². The molecule has 2 heterocycles. The van der Waals surface area contributed by atoms with E-state index in [0.29, 0.717) is 10.4 Å². The molecule has 1 aliphatic heterocycles. The fourth-order valence-electron chi connectivity index (χ4n) is 4.73. The van der Waals surface area contributed by atoms with Gasteiger partial charge in [-0.2, -0.15) is 0 Å². The summed E-state index contributed by atoms with van der Waals surface area (Å²) in [5.74, 6) is -2.12. The van der Waals surface area contributed by atoms with Crippen LogP contribution in [0, 0.1) is 5.92 Å². The van der Waals surface area contributed by atoms with E-state index in [2.05, 4.69) is 11.6 Å². The third-order valence-corrected chi connectivity index (χ3v) is 10.6. The van der Waals surface area contributed by atoms with Crippen molar-refractivity contribution in [2.24, 2.45) is 5.92 Å². The van der Waals surface area contributed by atoms with Crippen molar-refractivity contribution >= 4 is 33.1 Å². The lowest BCUT2D eigenvalue weighted by Crippen LogP contribution is -2.45. The number of carbonyl (C=O) groups excluding carboxylic acids is 2. The lowest BCUT2D eigenvalue weighted by molar-refractivity contribution is -0.131. The van der Waals surface area contributed by atoms with Crippen LogP contribution in [0.4, 0.5) is 0 Å². The van der Waals surface area contributed by atoms with Crippen LogP contribution in [0.3, 0.4) is 0 Å². The molecule has 10 heteroatoms. The number of hydroxylamine groups is 1. The van der Waals surface area contributed by atoms with Gasteiger partial charge in [-0.25, -0.2) is 18.6 Å². The molecule has 4 rings (SSSR count). The van der Waals surface area contributed by atoms with Crippen molar-refractivity contribution in [3.8, 4) is 10.4 Å². The Kier molecular flexibility index (Phi) is 8.25. The lowest BCUT2D eigenvalue weighted by Gasteiger charge is -2.30. The number of hydrogen-bond donors (Lipinski definition) is 4. The monoisotopic (exact) mass is 542 g/mol. The summed E-state index contributed by atoms with van der Waals surface area (Å²) in [5.41, 5.74) is 4.09. The second-order valence-electron chi connectivity index (χ2n) is 9.22. The molecular formula is C27H30N2O6S2. The van der Waals surface area contributed by atoms with E-state index in [-0.39, 0.29) is 19.4 Å². The van der Waals surface area contributed by atoms with E-state index >= 15 is 0 Å². The van der Waals surface area contributed by atoms with E-state index in [9.17, 15) is 28.3 Å². The zero-order valence-corrected chi connectivity index (χ0v) is 22.0. The van der Waals surface area contributed by atoms with Crippen LogP contribution in [0.15, 0.2) is 66.7 Å². The minimum atomic E-state index is -4.16. The Hall–Kier alpha value is -2.89. The van der Waals surface area contributed by atoms with Gasteiger partial charge >= 0.3 is 0 Å². The second kappa shape index (κ2) is 11.2. The first-order valence-corrected chi connectivity index (χ1v) is 14.4. The summed E-state index contributed by atoms with van der Waals surface area (Å²) in [7, 11) is -4.16. The molecule has 8 nitrogen and oxygen atoms in total. The number of hydrogen-bond acceptors (Lipinski definition) is 7. The maximum absolute atomic E-state index is 13.7. The van der Waals surface area contributed by atoms with Gasteiger partial charge in [0.05, 0.1) is 6.42 Å². The average Bonchev–Trinajstić information content (AvgIpc) is 3.38. The zero-order chi connectivity index (χ0) is 26.6. The minimum Gasteiger partial charge on any atom is -0.381 e. The number of aliphatic hydroxyl groups is 1. The number of rotatable bonds is 8. The van der Waals surface area contributed by atoms with Crippen molar-refractivity contribution in [2.75, 3.05) is 6.54 Å². The molecule has 0 spiro atoms. The molecule has 1 aliphatic rings. The normalized spacial score (nSPS) is 22.1. The van der Waals surface area contributed by atoms with Crippen LogP contribution >= 0.6 is 11.3 Å². The predicted molar refractivity (Wildman–Crippen MR) is 141 cm³/mol. The molecule has 1 fully saturated rings. The van der Waals surface area contributed by atoms with Gasteiger partial charge in [-0.05, 0) is 48.1 Å². The number of aryl methyl sites for hydroxylation is 1. The number of carbonyl (C=O) groups is 2. The Morgan fingerprint density at radius 1 is 1.11 bits per heavy atom. The minimum absolute atomic E-state index is 0.0393. The maximum atomic E-state index is 13.7. The summed E-state index contributed by atoms with van der Waals surface area (Å²) < 4.78 is 28.2. The fraction of sp³-hybridized carbons (Fsp3) is 0.333. The van der Waals surface area contributed by atoms with E-state index in [1.807, 2.05) is 30.3 Å². The summed E-state index contributed by atoms with van der Waals surface area (Å²) in [6.07, 6.45) is -0.911. The number of aliphatic hydroxyl groups excluding tert-OH is 1. The number of Topliss-reactive ketones (excluding diaryl/α,β-unsaturated/α-hetero) is 1. The molecule has 3 atom stereocenters. The summed E-state index contributed by atoms with van der Waals surface area (Å²) in [6.45, 7) is 1.87. The Balaban J connectivity index is 1.68.